The van der Waals surface area contributed by atoms with Gasteiger partial charge in [0.1, 0.15) is 11.4 Å². The van der Waals surface area contributed by atoms with Gasteiger partial charge < -0.3 is 15.2 Å². The van der Waals surface area contributed by atoms with Crippen LogP contribution in [0.5, 0.6) is 5.75 Å². The van der Waals surface area contributed by atoms with Crippen LogP contribution in [0.3, 0.4) is 0 Å². The second kappa shape index (κ2) is 5.99. The van der Waals surface area contributed by atoms with E-state index in [1.807, 2.05) is 24.3 Å². The molecule has 114 valence electrons. The zero-order valence-corrected chi connectivity index (χ0v) is 12.6. The van der Waals surface area contributed by atoms with Crippen LogP contribution in [0.2, 0.25) is 5.02 Å². The first-order valence-electron chi connectivity index (χ1n) is 7.07. The highest BCUT2D eigenvalue weighted by Gasteiger charge is 2.35. The number of aliphatic hydroxyl groups is 1. The van der Waals surface area contributed by atoms with Crippen molar-refractivity contribution in [2.24, 2.45) is 0 Å². The topological polar surface area (TPSA) is 58.6 Å². The van der Waals surface area contributed by atoms with E-state index in [-0.39, 0.29) is 12.5 Å². The lowest BCUT2D eigenvalue weighted by molar-refractivity contribution is -0.00160. The van der Waals surface area contributed by atoms with Gasteiger partial charge in [0.05, 0.1) is 23.7 Å². The van der Waals surface area contributed by atoms with Gasteiger partial charge in [-0.3, -0.25) is 4.79 Å². The molecule has 2 N–H and O–H groups in total. The summed E-state index contributed by atoms with van der Waals surface area (Å²) in [5.74, 6) is 0.353. The van der Waals surface area contributed by atoms with Crippen LogP contribution in [0.15, 0.2) is 48.5 Å². The molecule has 1 atom stereocenters. The van der Waals surface area contributed by atoms with Crippen molar-refractivity contribution in [3.63, 3.8) is 0 Å². The number of rotatable bonds is 3. The van der Waals surface area contributed by atoms with Gasteiger partial charge in [-0.15, -0.1) is 0 Å². The maximum atomic E-state index is 12.2. The first kappa shape index (κ1) is 14.9. The van der Waals surface area contributed by atoms with Gasteiger partial charge in [0.25, 0.3) is 5.91 Å². The average molecular weight is 318 g/mol. The lowest BCUT2D eigenvalue weighted by Crippen LogP contribution is -2.44. The van der Waals surface area contributed by atoms with Crippen LogP contribution < -0.4 is 10.1 Å². The van der Waals surface area contributed by atoms with E-state index in [0.717, 1.165) is 0 Å². The summed E-state index contributed by atoms with van der Waals surface area (Å²) in [5, 5.41) is 14.0. The Morgan fingerprint density at radius 3 is 2.77 bits per heavy atom. The Balaban J connectivity index is 1.77. The van der Waals surface area contributed by atoms with Crippen LogP contribution >= 0.6 is 11.6 Å². The number of fused-ring (bicyclic) bond motifs is 1. The van der Waals surface area contributed by atoms with Crippen molar-refractivity contribution in [2.75, 3.05) is 13.2 Å². The van der Waals surface area contributed by atoms with Crippen LogP contribution in [-0.4, -0.2) is 24.2 Å². The lowest BCUT2D eigenvalue weighted by Gasteiger charge is -2.34. The monoisotopic (exact) mass is 317 g/mol. The van der Waals surface area contributed by atoms with Crippen molar-refractivity contribution in [3.8, 4) is 5.75 Å². The Hall–Kier alpha value is -2.04. The Morgan fingerprint density at radius 2 is 1.95 bits per heavy atom. The first-order chi connectivity index (χ1) is 10.6. The molecule has 2 aromatic carbocycles. The molecule has 0 saturated heterocycles. The fourth-order valence-electron chi connectivity index (χ4n) is 2.59. The van der Waals surface area contributed by atoms with Crippen LogP contribution in [0.4, 0.5) is 0 Å². The molecule has 4 nitrogen and oxygen atoms in total. The van der Waals surface area contributed by atoms with Crippen molar-refractivity contribution in [3.05, 3.63) is 64.7 Å². The number of nitrogens with one attached hydrogen (secondary N) is 1. The molecule has 1 heterocycles. The fraction of sp³-hybridized carbons (Fsp3) is 0.235. The van der Waals surface area contributed by atoms with Crippen molar-refractivity contribution in [1.29, 1.82) is 0 Å². The summed E-state index contributed by atoms with van der Waals surface area (Å²) in [7, 11) is 0. The van der Waals surface area contributed by atoms with Gasteiger partial charge in [-0.1, -0.05) is 41.9 Å². The summed E-state index contributed by atoms with van der Waals surface area (Å²) in [4.78, 5) is 12.2. The number of halogens is 1. The summed E-state index contributed by atoms with van der Waals surface area (Å²) >= 11 is 6.01. The summed E-state index contributed by atoms with van der Waals surface area (Å²) in [6, 6.07) is 14.2. The molecule has 22 heavy (non-hydrogen) atoms. The largest absolute Gasteiger partial charge is 0.493 e. The highest BCUT2D eigenvalue weighted by atomic mass is 35.5. The minimum absolute atomic E-state index is 0.109. The lowest BCUT2D eigenvalue weighted by atomic mass is 9.88. The number of amides is 1. The fourth-order valence-corrected chi connectivity index (χ4v) is 2.81. The molecule has 0 saturated carbocycles. The summed E-state index contributed by atoms with van der Waals surface area (Å²) in [6.07, 6.45) is 0.423. The van der Waals surface area contributed by atoms with E-state index < -0.39 is 5.60 Å². The van der Waals surface area contributed by atoms with Gasteiger partial charge in [-0.25, -0.2) is 0 Å². The molecular weight excluding hydrogens is 302 g/mol. The molecule has 0 aromatic heterocycles. The zero-order valence-electron chi connectivity index (χ0n) is 11.9. The zero-order chi connectivity index (χ0) is 15.6. The molecule has 2 aromatic rings. The van der Waals surface area contributed by atoms with E-state index in [1.165, 1.54) is 0 Å². The molecular formula is C17H16ClNO3. The third-order valence-electron chi connectivity index (χ3n) is 3.82. The number of hydrogen-bond acceptors (Lipinski definition) is 3. The number of hydrogen-bond donors (Lipinski definition) is 2. The second-order valence-corrected chi connectivity index (χ2v) is 5.70. The number of ether oxygens (including phenoxy) is 1. The maximum Gasteiger partial charge on any atom is 0.252 e. The van der Waals surface area contributed by atoms with Gasteiger partial charge >= 0.3 is 0 Å². The predicted octanol–water partition coefficient (Wildman–Crippen LogP) is 2.74. The Kier molecular flexibility index (Phi) is 4.05. The highest BCUT2D eigenvalue weighted by Crippen LogP contribution is 2.36. The normalized spacial score (nSPS) is 19.9. The van der Waals surface area contributed by atoms with E-state index in [2.05, 4.69) is 5.32 Å². The standard InChI is InChI=1S/C17H16ClNO3/c18-14-7-3-1-5-12(14)16(20)19-11-17(21)9-10-22-15-8-4-2-6-13(15)17/h1-8,21H,9-11H2,(H,19,20)/t17-/m0/s1. The average Bonchev–Trinajstić information content (AvgIpc) is 2.54. The van der Waals surface area contributed by atoms with Crippen molar-refractivity contribution in [2.45, 2.75) is 12.0 Å². The van der Waals surface area contributed by atoms with Crippen LogP contribution in [0, 0.1) is 0 Å². The number of benzene rings is 2. The first-order valence-corrected chi connectivity index (χ1v) is 7.45. The third-order valence-corrected chi connectivity index (χ3v) is 4.15. The summed E-state index contributed by atoms with van der Waals surface area (Å²) < 4.78 is 5.54. The molecule has 0 bridgehead atoms. The summed E-state index contributed by atoms with van der Waals surface area (Å²) in [6.45, 7) is 0.521. The minimum atomic E-state index is -1.13. The van der Waals surface area contributed by atoms with Crippen LogP contribution in [0.1, 0.15) is 22.3 Å². The van der Waals surface area contributed by atoms with Crippen LogP contribution in [0.25, 0.3) is 0 Å². The van der Waals surface area contributed by atoms with Crippen molar-refractivity contribution < 1.29 is 14.6 Å². The summed E-state index contributed by atoms with van der Waals surface area (Å²) in [5.41, 5.74) is -0.0417. The van der Waals surface area contributed by atoms with E-state index >= 15 is 0 Å². The van der Waals surface area contributed by atoms with Gasteiger partial charge in [0.2, 0.25) is 0 Å². The Bertz CT molecular complexity index is 704. The van der Waals surface area contributed by atoms with Crippen LogP contribution in [-0.2, 0) is 5.60 Å². The predicted molar refractivity (Wildman–Crippen MR) is 84.2 cm³/mol. The molecule has 0 aliphatic carbocycles. The molecule has 0 fully saturated rings. The smallest absolute Gasteiger partial charge is 0.252 e. The maximum absolute atomic E-state index is 12.2. The molecule has 3 rings (SSSR count). The van der Waals surface area contributed by atoms with E-state index in [0.29, 0.717) is 34.9 Å². The van der Waals surface area contributed by atoms with E-state index in [9.17, 15) is 9.90 Å². The van der Waals surface area contributed by atoms with Crippen molar-refractivity contribution >= 4 is 17.5 Å². The van der Waals surface area contributed by atoms with E-state index in [4.69, 9.17) is 16.3 Å². The van der Waals surface area contributed by atoms with Gasteiger partial charge in [0, 0.05) is 12.0 Å². The number of carbonyl (C=O) groups excluding carboxylic acids is 1. The molecule has 5 heteroatoms. The molecule has 0 unspecified atom stereocenters. The minimum Gasteiger partial charge on any atom is -0.493 e. The van der Waals surface area contributed by atoms with Crippen molar-refractivity contribution in [1.82, 2.24) is 5.32 Å². The Morgan fingerprint density at radius 1 is 1.23 bits per heavy atom. The van der Waals surface area contributed by atoms with Gasteiger partial charge in [-0.05, 0) is 18.2 Å². The van der Waals surface area contributed by atoms with Gasteiger partial charge in [-0.2, -0.15) is 0 Å². The van der Waals surface area contributed by atoms with Gasteiger partial charge in [0.15, 0.2) is 0 Å². The SMILES string of the molecule is O=C(NC[C@@]1(O)CCOc2ccccc21)c1ccccc1Cl. The molecule has 1 amide bonds. The quantitative estimate of drug-likeness (QED) is 0.915. The highest BCUT2D eigenvalue weighted by molar-refractivity contribution is 6.33. The second-order valence-electron chi connectivity index (χ2n) is 5.29. The molecule has 0 radical (unpaired) electrons. The number of carbonyl (C=O) groups is 1. The molecule has 0 spiro atoms. The molecule has 1 aliphatic heterocycles. The van der Waals surface area contributed by atoms with E-state index in [1.54, 1.807) is 24.3 Å². The molecule has 1 aliphatic rings. The number of para-hydroxylation sites is 1. The Labute approximate surface area is 133 Å². The third kappa shape index (κ3) is 2.80.